The molecule has 0 saturated carbocycles. The number of nitrogens with zero attached hydrogens (tertiary/aromatic N) is 1. The molecule has 0 aromatic carbocycles. The lowest BCUT2D eigenvalue weighted by Crippen LogP contribution is -2.59. The molecule has 3 saturated heterocycles. The first-order chi connectivity index (χ1) is 13.8. The summed E-state index contributed by atoms with van der Waals surface area (Å²) in [6, 6.07) is -1.10. The van der Waals surface area contributed by atoms with Crippen molar-refractivity contribution in [2.45, 2.75) is 69.0 Å². The van der Waals surface area contributed by atoms with Gasteiger partial charge in [0.1, 0.15) is 6.04 Å². The fourth-order valence-electron chi connectivity index (χ4n) is 5.69. The minimum absolute atomic E-state index is 0.000996. The minimum Gasteiger partial charge on any atom is -0.394 e. The molecule has 29 heavy (non-hydrogen) atoms. The largest absolute Gasteiger partial charge is 0.394 e. The molecule has 2 bridgehead atoms. The van der Waals surface area contributed by atoms with Gasteiger partial charge in [-0.15, -0.1) is 11.8 Å². The number of hydrogen-bond donors (Lipinski definition) is 3. The summed E-state index contributed by atoms with van der Waals surface area (Å²) in [4.78, 5) is 41.5. The summed E-state index contributed by atoms with van der Waals surface area (Å²) in [5.74, 6) is -1.21. The maximum absolute atomic E-state index is 13.7. The molecule has 0 aromatic heterocycles. The number of amides is 3. The van der Waals surface area contributed by atoms with E-state index < -0.39 is 28.7 Å². The molecule has 3 unspecified atom stereocenters. The zero-order chi connectivity index (χ0) is 21.5. The van der Waals surface area contributed by atoms with Crippen LogP contribution in [0, 0.1) is 23.7 Å². The number of likely N-dealkylation sites (tertiary alicyclic amines) is 1. The fraction of sp³-hybridized carbons (Fsp3) is 0.857. The molecular weight excluding hydrogens is 390 g/mol. The number of carbonyl (C=O) groups is 3. The summed E-state index contributed by atoms with van der Waals surface area (Å²) in [6.45, 7) is 8.45. The molecule has 0 radical (unpaired) electrons. The Balaban J connectivity index is 2.07. The van der Waals surface area contributed by atoms with Gasteiger partial charge in [0.25, 0.3) is 0 Å². The zero-order valence-corrected chi connectivity index (χ0v) is 18.9. The van der Waals surface area contributed by atoms with Crippen molar-refractivity contribution >= 4 is 29.5 Å². The van der Waals surface area contributed by atoms with Crippen molar-refractivity contribution < 1.29 is 19.5 Å². The molecule has 3 fully saturated rings. The summed E-state index contributed by atoms with van der Waals surface area (Å²) >= 11 is 1.67. The Morgan fingerprint density at radius 1 is 1.34 bits per heavy atom. The number of aliphatic hydroxyl groups is 1. The van der Waals surface area contributed by atoms with Crippen molar-refractivity contribution in [1.29, 1.82) is 0 Å². The third-order valence-corrected chi connectivity index (χ3v) is 9.20. The van der Waals surface area contributed by atoms with Gasteiger partial charge in [-0.25, -0.2) is 0 Å². The number of aliphatic hydroxyl groups excluding tert-OH is 1. The predicted octanol–water partition coefficient (Wildman–Crippen LogP) is 1.00. The second-order valence-electron chi connectivity index (χ2n) is 9.05. The minimum atomic E-state index is -0.656. The molecular formula is C21H35N3O4S. The van der Waals surface area contributed by atoms with Gasteiger partial charge in [-0.1, -0.05) is 34.1 Å². The molecule has 0 aromatic rings. The van der Waals surface area contributed by atoms with E-state index in [-0.39, 0.29) is 41.4 Å². The normalized spacial score (nSPS) is 36.4. The van der Waals surface area contributed by atoms with Crippen molar-refractivity contribution in [3.8, 4) is 0 Å². The molecule has 0 aliphatic carbocycles. The number of rotatable bonds is 8. The van der Waals surface area contributed by atoms with Crippen LogP contribution in [0.2, 0.25) is 0 Å². The van der Waals surface area contributed by atoms with Gasteiger partial charge in [-0.2, -0.15) is 0 Å². The lowest BCUT2D eigenvalue weighted by Gasteiger charge is -2.40. The van der Waals surface area contributed by atoms with Gasteiger partial charge >= 0.3 is 0 Å². The summed E-state index contributed by atoms with van der Waals surface area (Å²) in [7, 11) is 1.60. The molecule has 7 nitrogen and oxygen atoms in total. The van der Waals surface area contributed by atoms with E-state index >= 15 is 0 Å². The predicted molar refractivity (Wildman–Crippen MR) is 113 cm³/mol. The molecule has 8 heteroatoms. The lowest BCUT2D eigenvalue weighted by molar-refractivity contribution is -0.143. The second-order valence-corrected chi connectivity index (χ2v) is 10.6. The van der Waals surface area contributed by atoms with Crippen molar-refractivity contribution in [2.24, 2.45) is 23.7 Å². The topological polar surface area (TPSA) is 98.7 Å². The van der Waals surface area contributed by atoms with Crippen LogP contribution < -0.4 is 10.6 Å². The first-order valence-corrected chi connectivity index (χ1v) is 11.7. The van der Waals surface area contributed by atoms with E-state index in [0.717, 1.165) is 19.3 Å². The van der Waals surface area contributed by atoms with Gasteiger partial charge in [0.15, 0.2) is 0 Å². The number of fused-ring (bicyclic) bond motifs is 1. The molecule has 7 atom stereocenters. The van der Waals surface area contributed by atoms with E-state index in [1.807, 2.05) is 13.8 Å². The van der Waals surface area contributed by atoms with E-state index in [0.29, 0.717) is 6.54 Å². The van der Waals surface area contributed by atoms with Crippen LogP contribution in [0.4, 0.5) is 0 Å². The maximum atomic E-state index is 13.7. The Morgan fingerprint density at radius 3 is 2.59 bits per heavy atom. The molecule has 1 spiro atoms. The van der Waals surface area contributed by atoms with Gasteiger partial charge < -0.3 is 20.6 Å². The van der Waals surface area contributed by atoms with Crippen molar-refractivity contribution in [1.82, 2.24) is 15.5 Å². The van der Waals surface area contributed by atoms with Crippen molar-refractivity contribution in [3.05, 3.63) is 0 Å². The van der Waals surface area contributed by atoms with Crippen LogP contribution in [-0.2, 0) is 14.4 Å². The highest BCUT2D eigenvalue weighted by atomic mass is 32.2. The average Bonchev–Trinajstić information content (AvgIpc) is 3.26. The summed E-state index contributed by atoms with van der Waals surface area (Å²) in [5.41, 5.74) is 0. The number of carbonyl (C=O) groups excluding carboxylic acids is 3. The highest BCUT2D eigenvalue weighted by Gasteiger charge is 2.76. The second kappa shape index (κ2) is 8.46. The number of nitrogens with one attached hydrogen (secondary N) is 2. The smallest absolute Gasteiger partial charge is 0.244 e. The Bertz CT molecular complexity index is 672. The van der Waals surface area contributed by atoms with Crippen LogP contribution in [0.1, 0.15) is 47.0 Å². The number of hydrogen-bond acceptors (Lipinski definition) is 5. The van der Waals surface area contributed by atoms with E-state index in [1.165, 1.54) is 0 Å². The van der Waals surface area contributed by atoms with Crippen LogP contribution in [0.3, 0.4) is 0 Å². The quantitative estimate of drug-likeness (QED) is 0.504. The molecule has 164 valence electrons. The van der Waals surface area contributed by atoms with Crippen molar-refractivity contribution in [2.75, 3.05) is 20.2 Å². The molecule has 3 N–H and O–H groups in total. The van der Waals surface area contributed by atoms with Gasteiger partial charge in [0.2, 0.25) is 17.7 Å². The Morgan fingerprint density at radius 2 is 2.03 bits per heavy atom. The van der Waals surface area contributed by atoms with Gasteiger partial charge in [0.05, 0.1) is 29.2 Å². The maximum Gasteiger partial charge on any atom is 0.244 e. The lowest BCUT2D eigenvalue weighted by atomic mass is 9.66. The first kappa shape index (κ1) is 22.4. The third-order valence-electron chi connectivity index (χ3n) is 7.12. The van der Waals surface area contributed by atoms with E-state index in [1.54, 1.807) is 23.7 Å². The molecule has 3 aliphatic rings. The SMILES string of the molecule is CCCCNC(=O)C1N([C@@H](CO)C(C)C)C(=O)[C@@H]2[C@H](C(=O)NC)[C@@H]3CC(C)C12S3. The number of thioether (sulfide) groups is 1. The van der Waals surface area contributed by atoms with Crippen LogP contribution in [0.5, 0.6) is 0 Å². The summed E-state index contributed by atoms with van der Waals surface area (Å²) in [6.07, 6.45) is 2.67. The Kier molecular flexibility index (Phi) is 6.53. The van der Waals surface area contributed by atoms with Gasteiger partial charge in [-0.3, -0.25) is 14.4 Å². The monoisotopic (exact) mass is 425 g/mol. The zero-order valence-electron chi connectivity index (χ0n) is 18.1. The van der Waals surface area contributed by atoms with E-state index in [4.69, 9.17) is 0 Å². The standard InChI is InChI=1S/C21H35N3O4S/c1-6-7-8-23-19(27)17-21-12(4)9-14(29-21)15(18(26)22-5)16(21)20(28)24(17)13(10-25)11(2)3/h11-17,25H,6-10H2,1-5H3,(H,22,26)(H,23,27)/t12?,13-,14-,15+,16-,17?,21?/m0/s1. The van der Waals surface area contributed by atoms with Crippen LogP contribution in [-0.4, -0.2) is 70.0 Å². The third kappa shape index (κ3) is 3.26. The highest BCUT2D eigenvalue weighted by Crippen LogP contribution is 2.68. The molecule has 3 rings (SSSR count). The van der Waals surface area contributed by atoms with Crippen LogP contribution >= 0.6 is 11.8 Å². The van der Waals surface area contributed by atoms with E-state index in [9.17, 15) is 19.5 Å². The molecule has 3 heterocycles. The Labute approximate surface area is 177 Å². The molecule has 3 amide bonds. The van der Waals surface area contributed by atoms with Crippen LogP contribution in [0.25, 0.3) is 0 Å². The van der Waals surface area contributed by atoms with Gasteiger partial charge in [-0.05, 0) is 24.7 Å². The Hall–Kier alpha value is -1.28. The van der Waals surface area contributed by atoms with Gasteiger partial charge in [0, 0.05) is 18.8 Å². The molecule has 3 aliphatic heterocycles. The number of unbranched alkanes of at least 4 members (excludes halogenated alkanes) is 1. The van der Waals surface area contributed by atoms with Crippen molar-refractivity contribution in [3.63, 3.8) is 0 Å². The van der Waals surface area contributed by atoms with E-state index in [2.05, 4.69) is 24.5 Å². The summed E-state index contributed by atoms with van der Waals surface area (Å²) < 4.78 is -0.614. The first-order valence-electron chi connectivity index (χ1n) is 10.9. The highest BCUT2D eigenvalue weighted by molar-refractivity contribution is 8.02. The van der Waals surface area contributed by atoms with Crippen LogP contribution in [0.15, 0.2) is 0 Å². The summed E-state index contributed by atoms with van der Waals surface area (Å²) in [5, 5.41) is 15.9. The fourth-order valence-corrected chi connectivity index (χ4v) is 8.10. The average molecular weight is 426 g/mol.